The minimum Gasteiger partial charge on any atom is -0.336 e. The van der Waals surface area contributed by atoms with Crippen LogP contribution < -0.4 is 0 Å². The Morgan fingerprint density at radius 2 is 1.77 bits per heavy atom. The molecule has 6 nitrogen and oxygen atoms in total. The van der Waals surface area contributed by atoms with E-state index in [0.717, 1.165) is 26.6 Å². The summed E-state index contributed by atoms with van der Waals surface area (Å²) in [5, 5.41) is 0.839. The van der Waals surface area contributed by atoms with Gasteiger partial charge in [0, 0.05) is 54.4 Å². The molecule has 0 bridgehead atoms. The van der Waals surface area contributed by atoms with Crippen LogP contribution in [0.25, 0.3) is 22.2 Å². The van der Waals surface area contributed by atoms with Gasteiger partial charge in [-0.25, -0.2) is 13.4 Å². The first-order valence-electron chi connectivity index (χ1n) is 10.2. The summed E-state index contributed by atoms with van der Waals surface area (Å²) in [5.41, 5.74) is 3.13. The average molecular weight is 502 g/mol. The van der Waals surface area contributed by atoms with Crippen molar-refractivity contribution in [1.82, 2.24) is 14.8 Å². The molecule has 1 aliphatic rings. The Morgan fingerprint density at radius 3 is 2.48 bits per heavy atom. The van der Waals surface area contributed by atoms with E-state index in [2.05, 4.69) is 20.8 Å². The maximum absolute atomic E-state index is 13.5. The number of nitrogens with zero attached hydrogens (tertiary/aromatic N) is 3. The lowest BCUT2D eigenvalue weighted by molar-refractivity contribution is 0.0646. The third kappa shape index (κ3) is 5.31. The second-order valence-electron chi connectivity index (χ2n) is 7.85. The van der Waals surface area contributed by atoms with Crippen LogP contribution in [0, 0.1) is 0 Å². The molecule has 4 rings (SSSR count). The fourth-order valence-electron chi connectivity index (χ4n) is 3.79. The van der Waals surface area contributed by atoms with E-state index in [1.807, 2.05) is 59.5 Å². The predicted octanol–water partition coefficient (Wildman–Crippen LogP) is 3.47. The number of amides is 1. The smallest absolute Gasteiger partial charge is 0.254 e. The molecule has 0 aliphatic carbocycles. The molecular formula is C23H24BrN3O3S. The van der Waals surface area contributed by atoms with Crippen LogP contribution in [0.4, 0.5) is 0 Å². The van der Waals surface area contributed by atoms with Gasteiger partial charge in [-0.2, -0.15) is 0 Å². The molecule has 1 fully saturated rings. The number of rotatable bonds is 5. The summed E-state index contributed by atoms with van der Waals surface area (Å²) in [6, 6.07) is 17.5. The van der Waals surface area contributed by atoms with Gasteiger partial charge in [-0.3, -0.25) is 9.69 Å². The molecule has 0 N–H and O–H groups in total. The number of sulfone groups is 1. The Morgan fingerprint density at radius 1 is 1.03 bits per heavy atom. The zero-order valence-electron chi connectivity index (χ0n) is 17.3. The first-order chi connectivity index (χ1) is 14.8. The maximum Gasteiger partial charge on any atom is 0.254 e. The summed E-state index contributed by atoms with van der Waals surface area (Å²) in [6.45, 7) is 2.99. The van der Waals surface area contributed by atoms with Crippen LogP contribution in [-0.2, 0) is 9.84 Å². The van der Waals surface area contributed by atoms with Crippen molar-refractivity contribution in [1.29, 1.82) is 0 Å². The summed E-state index contributed by atoms with van der Waals surface area (Å²) in [7, 11) is -2.99. The third-order valence-electron chi connectivity index (χ3n) is 5.50. The van der Waals surface area contributed by atoms with Crippen LogP contribution in [0.1, 0.15) is 10.4 Å². The molecule has 0 radical (unpaired) electrons. The predicted molar refractivity (Wildman–Crippen MR) is 127 cm³/mol. The molecule has 3 aromatic rings. The first-order valence-corrected chi connectivity index (χ1v) is 13.0. The number of pyridine rings is 1. The molecule has 0 spiro atoms. The van der Waals surface area contributed by atoms with Crippen molar-refractivity contribution >= 4 is 42.6 Å². The highest BCUT2D eigenvalue weighted by molar-refractivity contribution is 9.10. The highest BCUT2D eigenvalue weighted by Gasteiger charge is 2.24. The van der Waals surface area contributed by atoms with E-state index in [4.69, 9.17) is 4.98 Å². The molecule has 31 heavy (non-hydrogen) atoms. The van der Waals surface area contributed by atoms with Crippen molar-refractivity contribution in [3.8, 4) is 11.3 Å². The molecule has 0 atom stereocenters. The minimum atomic E-state index is -2.99. The summed E-state index contributed by atoms with van der Waals surface area (Å²) >= 11 is 3.50. The SMILES string of the molecule is CS(=O)(=O)CCN1CCN(C(=O)c2cc(-c3cccc(Br)c3)nc3ccccc23)CC1. The van der Waals surface area contributed by atoms with Crippen LogP contribution in [0.15, 0.2) is 59.1 Å². The van der Waals surface area contributed by atoms with Crippen LogP contribution in [0.5, 0.6) is 0 Å². The monoisotopic (exact) mass is 501 g/mol. The summed E-state index contributed by atoms with van der Waals surface area (Å²) in [5.74, 6) is 0.129. The highest BCUT2D eigenvalue weighted by atomic mass is 79.9. The number of carbonyl (C=O) groups excluding carboxylic acids is 1. The van der Waals surface area contributed by atoms with E-state index in [1.165, 1.54) is 6.26 Å². The number of benzene rings is 2. The van der Waals surface area contributed by atoms with E-state index in [0.29, 0.717) is 38.3 Å². The van der Waals surface area contributed by atoms with Gasteiger partial charge in [0.05, 0.1) is 22.5 Å². The Hall–Kier alpha value is -2.29. The lowest BCUT2D eigenvalue weighted by Gasteiger charge is -2.34. The number of hydrogen-bond donors (Lipinski definition) is 0. The lowest BCUT2D eigenvalue weighted by Crippen LogP contribution is -2.49. The zero-order valence-corrected chi connectivity index (χ0v) is 19.7. The fraction of sp³-hybridized carbons (Fsp3) is 0.304. The summed E-state index contributed by atoms with van der Waals surface area (Å²) in [4.78, 5) is 22.2. The van der Waals surface area contributed by atoms with Gasteiger partial charge in [0.1, 0.15) is 9.84 Å². The molecule has 1 aromatic heterocycles. The van der Waals surface area contributed by atoms with E-state index in [1.54, 1.807) is 0 Å². The van der Waals surface area contributed by atoms with Gasteiger partial charge in [-0.1, -0.05) is 46.3 Å². The molecule has 1 amide bonds. The van der Waals surface area contributed by atoms with Gasteiger partial charge in [0.25, 0.3) is 5.91 Å². The van der Waals surface area contributed by atoms with E-state index < -0.39 is 9.84 Å². The molecule has 0 saturated carbocycles. The van der Waals surface area contributed by atoms with Gasteiger partial charge >= 0.3 is 0 Å². The number of aromatic nitrogens is 1. The Kier molecular flexibility index (Phi) is 6.41. The largest absolute Gasteiger partial charge is 0.336 e. The number of fused-ring (bicyclic) bond motifs is 1. The van der Waals surface area contributed by atoms with E-state index in [-0.39, 0.29) is 11.7 Å². The molecule has 1 aliphatic heterocycles. The number of hydrogen-bond acceptors (Lipinski definition) is 5. The quantitative estimate of drug-likeness (QED) is 0.535. The van der Waals surface area contributed by atoms with Gasteiger partial charge in [-0.15, -0.1) is 0 Å². The second kappa shape index (κ2) is 9.06. The molecule has 2 aromatic carbocycles. The Balaban J connectivity index is 1.59. The van der Waals surface area contributed by atoms with Crippen molar-refractivity contribution in [2.45, 2.75) is 0 Å². The molecule has 2 heterocycles. The molecule has 8 heteroatoms. The van der Waals surface area contributed by atoms with Gasteiger partial charge in [0.2, 0.25) is 0 Å². The maximum atomic E-state index is 13.5. The van der Waals surface area contributed by atoms with Gasteiger partial charge in [0.15, 0.2) is 0 Å². The van der Waals surface area contributed by atoms with Crippen molar-refractivity contribution in [3.63, 3.8) is 0 Å². The summed E-state index contributed by atoms with van der Waals surface area (Å²) < 4.78 is 23.8. The number of piperazine rings is 1. The van der Waals surface area contributed by atoms with Crippen molar-refractivity contribution in [2.75, 3.05) is 44.7 Å². The standard InChI is InChI=1S/C23H24BrN3O3S/c1-31(29,30)14-13-26-9-11-27(12-10-26)23(28)20-16-22(17-5-4-6-18(24)15-17)25-21-8-3-2-7-19(20)21/h2-8,15-16H,9-14H2,1H3. The molecule has 162 valence electrons. The van der Waals surface area contributed by atoms with Crippen LogP contribution >= 0.6 is 15.9 Å². The summed E-state index contributed by atoms with van der Waals surface area (Å²) in [6.07, 6.45) is 1.25. The van der Waals surface area contributed by atoms with Crippen LogP contribution in [0.2, 0.25) is 0 Å². The number of para-hydroxylation sites is 1. The average Bonchev–Trinajstić information content (AvgIpc) is 2.76. The molecular weight excluding hydrogens is 478 g/mol. The normalized spacial score (nSPS) is 15.4. The minimum absolute atomic E-state index is 0.0161. The highest BCUT2D eigenvalue weighted by Crippen LogP contribution is 2.27. The topological polar surface area (TPSA) is 70.6 Å². The fourth-order valence-corrected chi connectivity index (χ4v) is 4.78. The zero-order chi connectivity index (χ0) is 22.0. The van der Waals surface area contributed by atoms with E-state index in [9.17, 15) is 13.2 Å². The molecule has 1 saturated heterocycles. The van der Waals surface area contributed by atoms with Crippen molar-refractivity contribution in [3.05, 3.63) is 64.6 Å². The van der Waals surface area contributed by atoms with Gasteiger partial charge < -0.3 is 4.90 Å². The lowest BCUT2D eigenvalue weighted by atomic mass is 10.0. The molecule has 0 unspecified atom stereocenters. The van der Waals surface area contributed by atoms with Crippen molar-refractivity contribution in [2.24, 2.45) is 0 Å². The van der Waals surface area contributed by atoms with Crippen LogP contribution in [0.3, 0.4) is 0 Å². The van der Waals surface area contributed by atoms with E-state index >= 15 is 0 Å². The second-order valence-corrected chi connectivity index (χ2v) is 11.0. The number of carbonyl (C=O) groups is 1. The van der Waals surface area contributed by atoms with Crippen LogP contribution in [-0.4, -0.2) is 73.8 Å². The third-order valence-corrected chi connectivity index (χ3v) is 6.92. The first kappa shape index (κ1) is 21.9. The van der Waals surface area contributed by atoms with Crippen molar-refractivity contribution < 1.29 is 13.2 Å². The number of halogens is 1. The Bertz CT molecular complexity index is 1220. The Labute approximate surface area is 190 Å². The van der Waals surface area contributed by atoms with Gasteiger partial charge in [-0.05, 0) is 24.3 Å².